The average molecular weight is 264 g/mol. The molecular formula is C11H20NO2Zn+. The third-order valence-electron chi connectivity index (χ3n) is 2.27. The second-order valence-electron chi connectivity index (χ2n) is 4.91. The van der Waals surface area contributed by atoms with Gasteiger partial charge in [-0.05, 0) is 20.8 Å². The Bertz CT molecular complexity index is 205. The fourth-order valence-corrected chi connectivity index (χ4v) is 1.44. The van der Waals surface area contributed by atoms with E-state index in [1.54, 1.807) is 4.90 Å². The number of piperidine rings is 1. The van der Waals surface area contributed by atoms with Crippen LogP contribution in [0, 0.1) is 12.8 Å². The molecule has 0 aromatic rings. The smallest absolute Gasteiger partial charge is 0.444 e. The summed E-state index contributed by atoms with van der Waals surface area (Å²) in [5, 5.41) is 0. The van der Waals surface area contributed by atoms with E-state index in [9.17, 15) is 4.79 Å². The van der Waals surface area contributed by atoms with Crippen molar-refractivity contribution < 1.29 is 29.0 Å². The van der Waals surface area contributed by atoms with Gasteiger partial charge in [0.2, 0.25) is 0 Å². The SMILES string of the molecule is [CH2-]C1CCN(C(=O)OC(C)(C)C)CC1.[Zn+2]. The van der Waals surface area contributed by atoms with Gasteiger partial charge in [-0.1, -0.05) is 12.8 Å². The molecule has 1 amide bonds. The van der Waals surface area contributed by atoms with E-state index in [0.29, 0.717) is 5.92 Å². The maximum Gasteiger partial charge on any atom is 2.00 e. The van der Waals surface area contributed by atoms with E-state index in [1.165, 1.54) is 0 Å². The van der Waals surface area contributed by atoms with Crippen molar-refractivity contribution in [3.8, 4) is 0 Å². The molecule has 1 aliphatic rings. The Morgan fingerprint density at radius 2 is 1.80 bits per heavy atom. The minimum Gasteiger partial charge on any atom is -0.444 e. The summed E-state index contributed by atoms with van der Waals surface area (Å²) in [6.07, 6.45) is 1.78. The molecule has 1 saturated heterocycles. The summed E-state index contributed by atoms with van der Waals surface area (Å²) in [7, 11) is 0. The first kappa shape index (κ1) is 14.9. The molecular weight excluding hydrogens is 244 g/mol. The number of ether oxygens (including phenoxy) is 1. The number of hydrogen-bond acceptors (Lipinski definition) is 2. The van der Waals surface area contributed by atoms with Gasteiger partial charge in [0.1, 0.15) is 5.60 Å². The Morgan fingerprint density at radius 1 is 1.33 bits per heavy atom. The number of nitrogens with zero attached hydrogens (tertiary/aromatic N) is 1. The molecule has 1 rings (SSSR count). The molecule has 0 aromatic carbocycles. The van der Waals surface area contributed by atoms with Crippen LogP contribution in [0.5, 0.6) is 0 Å². The van der Waals surface area contributed by atoms with Crippen LogP contribution in [0.25, 0.3) is 0 Å². The topological polar surface area (TPSA) is 29.5 Å². The molecule has 0 aromatic heterocycles. The van der Waals surface area contributed by atoms with Gasteiger partial charge < -0.3 is 16.6 Å². The molecule has 15 heavy (non-hydrogen) atoms. The minimum atomic E-state index is -0.390. The van der Waals surface area contributed by atoms with E-state index in [4.69, 9.17) is 4.74 Å². The second kappa shape index (κ2) is 5.84. The predicted octanol–water partition coefficient (Wildman–Crippen LogP) is 2.47. The van der Waals surface area contributed by atoms with Crippen LogP contribution in [-0.2, 0) is 24.2 Å². The first-order chi connectivity index (χ1) is 6.38. The summed E-state index contributed by atoms with van der Waals surface area (Å²) in [6.45, 7) is 11.2. The molecule has 1 fully saturated rings. The van der Waals surface area contributed by atoms with Crippen LogP contribution in [0.15, 0.2) is 0 Å². The number of amides is 1. The number of rotatable bonds is 0. The van der Waals surface area contributed by atoms with E-state index >= 15 is 0 Å². The summed E-state index contributed by atoms with van der Waals surface area (Å²) in [4.78, 5) is 13.4. The third kappa shape index (κ3) is 5.51. The van der Waals surface area contributed by atoms with Gasteiger partial charge in [-0.3, -0.25) is 0 Å². The predicted molar refractivity (Wildman–Crippen MR) is 55.9 cm³/mol. The zero-order valence-corrected chi connectivity index (χ0v) is 13.1. The standard InChI is InChI=1S/C11H20NO2.Zn/c1-9-5-7-12(8-6-9)10(13)14-11(2,3)4;/h9H,1,5-8H2,2-4H3;/q-1;+2. The Kier molecular flexibility index (Phi) is 5.79. The van der Waals surface area contributed by atoms with Crippen molar-refractivity contribution in [2.45, 2.75) is 39.2 Å². The fourth-order valence-electron chi connectivity index (χ4n) is 1.44. The maximum atomic E-state index is 11.6. The number of hydrogen-bond donors (Lipinski definition) is 0. The monoisotopic (exact) mass is 262 g/mol. The summed E-state index contributed by atoms with van der Waals surface area (Å²) in [5.41, 5.74) is -0.390. The van der Waals surface area contributed by atoms with E-state index < -0.39 is 5.60 Å². The molecule has 1 aliphatic heterocycles. The van der Waals surface area contributed by atoms with E-state index in [0.717, 1.165) is 25.9 Å². The van der Waals surface area contributed by atoms with Crippen LogP contribution in [0.2, 0.25) is 0 Å². The third-order valence-corrected chi connectivity index (χ3v) is 2.27. The second-order valence-corrected chi connectivity index (χ2v) is 4.91. The number of carbonyl (C=O) groups excluding carboxylic acids is 1. The average Bonchev–Trinajstić information content (AvgIpc) is 2.02. The first-order valence-corrected chi connectivity index (χ1v) is 5.19. The van der Waals surface area contributed by atoms with Gasteiger partial charge in [0.05, 0.1) is 0 Å². The summed E-state index contributed by atoms with van der Waals surface area (Å²) >= 11 is 0. The summed E-state index contributed by atoms with van der Waals surface area (Å²) in [6, 6.07) is 0. The molecule has 1 heterocycles. The van der Waals surface area contributed by atoms with Gasteiger partial charge in [0, 0.05) is 13.1 Å². The van der Waals surface area contributed by atoms with Crippen LogP contribution in [0.1, 0.15) is 33.6 Å². The molecule has 0 saturated carbocycles. The molecule has 0 bridgehead atoms. The molecule has 0 aliphatic carbocycles. The molecule has 0 N–H and O–H groups in total. The van der Waals surface area contributed by atoms with Crippen LogP contribution >= 0.6 is 0 Å². The van der Waals surface area contributed by atoms with Gasteiger partial charge in [0.15, 0.2) is 0 Å². The Labute approximate surface area is 105 Å². The molecule has 82 valence electrons. The van der Waals surface area contributed by atoms with Crippen molar-refractivity contribution in [1.82, 2.24) is 4.90 Å². The van der Waals surface area contributed by atoms with Crippen LogP contribution < -0.4 is 0 Å². The summed E-state index contributed by atoms with van der Waals surface area (Å²) < 4.78 is 5.28. The van der Waals surface area contributed by atoms with Crippen molar-refractivity contribution in [2.24, 2.45) is 5.92 Å². The molecule has 0 radical (unpaired) electrons. The number of likely N-dealkylation sites (tertiary alicyclic amines) is 1. The van der Waals surface area contributed by atoms with Crippen molar-refractivity contribution in [1.29, 1.82) is 0 Å². The van der Waals surface area contributed by atoms with Gasteiger partial charge in [-0.15, -0.1) is 0 Å². The fraction of sp³-hybridized carbons (Fsp3) is 0.818. The van der Waals surface area contributed by atoms with E-state index in [-0.39, 0.29) is 25.6 Å². The normalized spacial score (nSPS) is 18.3. The van der Waals surface area contributed by atoms with Gasteiger partial charge in [-0.2, -0.15) is 5.92 Å². The molecule has 0 atom stereocenters. The molecule has 0 unspecified atom stereocenters. The van der Waals surface area contributed by atoms with Crippen molar-refractivity contribution in [3.05, 3.63) is 6.92 Å². The van der Waals surface area contributed by atoms with E-state index in [2.05, 4.69) is 6.92 Å². The Hall–Kier alpha value is -0.107. The van der Waals surface area contributed by atoms with Crippen LogP contribution in [-0.4, -0.2) is 29.7 Å². The van der Waals surface area contributed by atoms with Crippen molar-refractivity contribution in [2.75, 3.05) is 13.1 Å². The maximum absolute atomic E-state index is 11.6. The zero-order valence-electron chi connectivity index (χ0n) is 10.1. The van der Waals surface area contributed by atoms with Gasteiger partial charge >= 0.3 is 25.6 Å². The van der Waals surface area contributed by atoms with Gasteiger partial charge in [-0.25, -0.2) is 4.79 Å². The van der Waals surface area contributed by atoms with Crippen LogP contribution in [0.4, 0.5) is 4.79 Å². The quantitative estimate of drug-likeness (QED) is 0.496. The largest absolute Gasteiger partial charge is 2.00 e. The van der Waals surface area contributed by atoms with Crippen molar-refractivity contribution >= 4 is 6.09 Å². The first-order valence-electron chi connectivity index (χ1n) is 5.19. The Morgan fingerprint density at radius 3 is 2.20 bits per heavy atom. The van der Waals surface area contributed by atoms with Crippen LogP contribution in [0.3, 0.4) is 0 Å². The molecule has 0 spiro atoms. The minimum absolute atomic E-state index is 0. The summed E-state index contributed by atoms with van der Waals surface area (Å²) in [5.74, 6) is 0.494. The molecule has 3 nitrogen and oxygen atoms in total. The van der Waals surface area contributed by atoms with E-state index in [1.807, 2.05) is 20.8 Å². The Balaban J connectivity index is 0.00000196. The number of carbonyl (C=O) groups is 1. The molecule has 4 heteroatoms. The van der Waals surface area contributed by atoms with Gasteiger partial charge in [0.25, 0.3) is 0 Å². The zero-order chi connectivity index (χ0) is 10.8. The van der Waals surface area contributed by atoms with Crippen molar-refractivity contribution in [3.63, 3.8) is 0 Å².